The average molecular weight is 233 g/mol. The van der Waals surface area contributed by atoms with Crippen LogP contribution in [0.4, 0.5) is 4.79 Å². The number of hydrogen-bond acceptors (Lipinski definition) is 3. The van der Waals surface area contributed by atoms with E-state index >= 15 is 0 Å². The molecule has 0 radical (unpaired) electrons. The van der Waals surface area contributed by atoms with Crippen LogP contribution in [-0.4, -0.2) is 21.6 Å². The number of fused-ring (bicyclic) bond motifs is 1. The molecule has 90 valence electrons. The second-order valence-electron chi connectivity index (χ2n) is 4.75. The molecule has 5 heteroatoms. The van der Waals surface area contributed by atoms with Crippen LogP contribution in [0.2, 0.25) is 0 Å². The predicted molar refractivity (Wildman–Crippen MR) is 65.3 cm³/mol. The summed E-state index contributed by atoms with van der Waals surface area (Å²) in [6.45, 7) is 5.44. The lowest BCUT2D eigenvalue weighted by Gasteiger charge is -2.19. The van der Waals surface area contributed by atoms with E-state index in [2.05, 4.69) is 10.5 Å². The van der Waals surface area contributed by atoms with Crippen molar-refractivity contribution >= 4 is 17.0 Å². The number of nitrogens with zero attached hydrogens (tertiary/aromatic N) is 2. The number of nitrogens with one attached hydrogen (secondary N) is 1. The summed E-state index contributed by atoms with van der Waals surface area (Å²) in [4.78, 5) is 12.9. The number of carbonyl (C=O) groups is 1. The Morgan fingerprint density at radius 3 is 2.71 bits per heavy atom. The van der Waals surface area contributed by atoms with Gasteiger partial charge in [-0.15, -0.1) is 0 Å². The van der Waals surface area contributed by atoms with Gasteiger partial charge in [-0.2, -0.15) is 9.89 Å². The van der Waals surface area contributed by atoms with E-state index in [0.29, 0.717) is 0 Å². The number of carbonyl (C=O) groups excluding carboxylic acids is 1. The molecule has 1 aromatic carbocycles. The first-order valence-electron chi connectivity index (χ1n) is 5.38. The Morgan fingerprint density at radius 1 is 1.35 bits per heavy atom. The van der Waals surface area contributed by atoms with Crippen molar-refractivity contribution in [2.45, 2.75) is 26.4 Å². The molecule has 1 aromatic heterocycles. The number of hydrogen-bond donors (Lipinski definition) is 1. The third-order valence-electron chi connectivity index (χ3n) is 2.02. The van der Waals surface area contributed by atoms with E-state index in [1.54, 1.807) is 6.20 Å². The quantitative estimate of drug-likeness (QED) is 0.823. The maximum absolute atomic E-state index is 11.5. The average Bonchev–Trinajstić information content (AvgIpc) is 2.55. The number of benzene rings is 1. The lowest BCUT2D eigenvalue weighted by molar-refractivity contribution is 0.0610. The molecule has 5 nitrogen and oxygen atoms in total. The second kappa shape index (κ2) is 4.08. The van der Waals surface area contributed by atoms with Gasteiger partial charge in [-0.25, -0.2) is 10.2 Å². The van der Waals surface area contributed by atoms with Crippen LogP contribution in [-0.2, 0) is 4.74 Å². The molecule has 0 fully saturated rings. The summed E-state index contributed by atoms with van der Waals surface area (Å²) in [5.74, 6) is 0. The van der Waals surface area contributed by atoms with E-state index in [0.717, 1.165) is 10.9 Å². The largest absolute Gasteiger partial charge is 0.443 e. The molecule has 2 aromatic rings. The first-order chi connectivity index (χ1) is 7.94. The van der Waals surface area contributed by atoms with Gasteiger partial charge in [-0.05, 0) is 26.8 Å². The maximum atomic E-state index is 11.5. The van der Waals surface area contributed by atoms with E-state index in [9.17, 15) is 4.79 Å². The van der Waals surface area contributed by atoms with Gasteiger partial charge in [0.2, 0.25) is 0 Å². The van der Waals surface area contributed by atoms with Gasteiger partial charge in [0.25, 0.3) is 0 Å². The zero-order chi connectivity index (χ0) is 12.5. The lowest BCUT2D eigenvalue weighted by Crippen LogP contribution is -2.31. The molecule has 1 N–H and O–H groups in total. The van der Waals surface area contributed by atoms with E-state index in [4.69, 9.17) is 4.74 Å². The molecule has 0 spiro atoms. The lowest BCUT2D eigenvalue weighted by atomic mass is 10.2. The van der Waals surface area contributed by atoms with E-state index in [1.165, 1.54) is 4.79 Å². The Balaban J connectivity index is 2.11. The first-order valence-corrected chi connectivity index (χ1v) is 5.38. The minimum atomic E-state index is -0.523. The van der Waals surface area contributed by atoms with Crippen LogP contribution in [0.5, 0.6) is 0 Å². The van der Waals surface area contributed by atoms with Crippen LogP contribution < -0.4 is 5.43 Å². The molecule has 0 saturated heterocycles. The van der Waals surface area contributed by atoms with Gasteiger partial charge >= 0.3 is 6.09 Å². The van der Waals surface area contributed by atoms with Gasteiger partial charge < -0.3 is 4.74 Å². The van der Waals surface area contributed by atoms with Gasteiger partial charge in [0.15, 0.2) is 0 Å². The fourth-order valence-corrected chi connectivity index (χ4v) is 1.42. The summed E-state index contributed by atoms with van der Waals surface area (Å²) in [7, 11) is 0. The number of rotatable bonds is 1. The Kier molecular flexibility index (Phi) is 2.75. The van der Waals surface area contributed by atoms with Crippen molar-refractivity contribution in [3.63, 3.8) is 0 Å². The van der Waals surface area contributed by atoms with Gasteiger partial charge in [0, 0.05) is 5.39 Å². The SMILES string of the molecule is CC(C)(C)OC(=O)Nn1cc2ccccc2n1. The van der Waals surface area contributed by atoms with Crippen molar-refractivity contribution < 1.29 is 9.53 Å². The van der Waals surface area contributed by atoms with Gasteiger partial charge in [-0.1, -0.05) is 18.2 Å². The predicted octanol–water partition coefficient (Wildman–Crippen LogP) is 2.51. The van der Waals surface area contributed by atoms with Crippen LogP contribution in [0.3, 0.4) is 0 Å². The monoisotopic (exact) mass is 233 g/mol. The molecule has 0 atom stereocenters. The minimum Gasteiger partial charge on any atom is -0.443 e. The number of amides is 1. The zero-order valence-corrected chi connectivity index (χ0v) is 10.1. The summed E-state index contributed by atoms with van der Waals surface area (Å²) < 4.78 is 5.13. The fraction of sp³-hybridized carbons (Fsp3) is 0.333. The summed E-state index contributed by atoms with van der Waals surface area (Å²) >= 11 is 0. The minimum absolute atomic E-state index is 0.517. The molecule has 0 aliphatic heterocycles. The Morgan fingerprint density at radius 2 is 2.06 bits per heavy atom. The third-order valence-corrected chi connectivity index (χ3v) is 2.02. The van der Waals surface area contributed by atoms with Gasteiger partial charge in [0.05, 0.1) is 11.7 Å². The standard InChI is InChI=1S/C12H15N3O2/c1-12(2,3)17-11(16)14-15-8-9-6-4-5-7-10(9)13-15/h4-8H,1-3H3,(H,14,16). The molecular weight excluding hydrogens is 218 g/mol. The fourth-order valence-electron chi connectivity index (χ4n) is 1.42. The van der Waals surface area contributed by atoms with Crippen LogP contribution in [0.1, 0.15) is 20.8 Å². The summed E-state index contributed by atoms with van der Waals surface area (Å²) in [6.07, 6.45) is 1.21. The third kappa shape index (κ3) is 2.96. The molecule has 17 heavy (non-hydrogen) atoms. The second-order valence-corrected chi connectivity index (χ2v) is 4.75. The van der Waals surface area contributed by atoms with Crippen molar-refractivity contribution in [1.29, 1.82) is 0 Å². The molecule has 1 heterocycles. The van der Waals surface area contributed by atoms with E-state index in [1.807, 2.05) is 45.0 Å². The van der Waals surface area contributed by atoms with Crippen molar-refractivity contribution in [2.24, 2.45) is 0 Å². The molecule has 0 saturated carbocycles. The normalized spacial score (nSPS) is 11.5. The molecule has 0 unspecified atom stereocenters. The molecule has 0 aliphatic rings. The van der Waals surface area contributed by atoms with E-state index in [-0.39, 0.29) is 0 Å². The van der Waals surface area contributed by atoms with Gasteiger partial charge in [0.1, 0.15) is 5.60 Å². The Hall–Kier alpha value is -2.04. The zero-order valence-electron chi connectivity index (χ0n) is 10.1. The van der Waals surface area contributed by atoms with Crippen LogP contribution in [0.15, 0.2) is 30.5 Å². The molecule has 2 rings (SSSR count). The number of ether oxygens (including phenoxy) is 1. The highest BCUT2D eigenvalue weighted by atomic mass is 16.6. The highest BCUT2D eigenvalue weighted by molar-refractivity contribution is 5.80. The molecule has 1 amide bonds. The van der Waals surface area contributed by atoms with Crippen molar-refractivity contribution in [3.8, 4) is 0 Å². The van der Waals surface area contributed by atoms with Gasteiger partial charge in [-0.3, -0.25) is 0 Å². The highest BCUT2D eigenvalue weighted by Gasteiger charge is 2.16. The van der Waals surface area contributed by atoms with Crippen molar-refractivity contribution in [1.82, 2.24) is 9.89 Å². The van der Waals surface area contributed by atoms with Crippen LogP contribution >= 0.6 is 0 Å². The summed E-state index contributed by atoms with van der Waals surface area (Å²) in [5, 5.41) is 5.15. The summed E-state index contributed by atoms with van der Waals surface area (Å²) in [5.41, 5.74) is 2.84. The topological polar surface area (TPSA) is 56.1 Å². The highest BCUT2D eigenvalue weighted by Crippen LogP contribution is 2.10. The molecule has 0 bridgehead atoms. The molecular formula is C12H15N3O2. The smallest absolute Gasteiger partial charge is 0.428 e. The van der Waals surface area contributed by atoms with E-state index < -0.39 is 11.7 Å². The van der Waals surface area contributed by atoms with Crippen LogP contribution in [0.25, 0.3) is 10.9 Å². The van der Waals surface area contributed by atoms with Crippen molar-refractivity contribution in [3.05, 3.63) is 30.5 Å². The van der Waals surface area contributed by atoms with Crippen molar-refractivity contribution in [2.75, 3.05) is 5.43 Å². The van der Waals surface area contributed by atoms with Crippen LogP contribution in [0, 0.1) is 0 Å². The maximum Gasteiger partial charge on any atom is 0.428 e. The molecule has 0 aliphatic carbocycles. The first kappa shape index (κ1) is 11.4. The Bertz CT molecular complexity index is 507. The Labute approximate surface area is 99.3 Å². The number of aromatic nitrogens is 2. The summed E-state index contributed by atoms with van der Waals surface area (Å²) in [6, 6.07) is 7.62.